The van der Waals surface area contributed by atoms with Crippen LogP contribution in [0.25, 0.3) is 0 Å². The Morgan fingerprint density at radius 3 is 0.833 bits per heavy atom. The van der Waals surface area contributed by atoms with Gasteiger partial charge in [0.25, 0.3) is 0 Å². The number of hydrogen-bond donors (Lipinski definition) is 3. The van der Waals surface area contributed by atoms with Crippen molar-refractivity contribution in [1.29, 1.82) is 0 Å². The topological polar surface area (TPSA) is 195 Å². The standard InChI is InChI=1S/2Al.Mo.H3O4P.H2O.3O/c;;;1-5(2,3)4;;;;/h;;;(H3,1,2,3,4);1H2;;;/q2*+3;;;;3*-2. The molecule has 12 heteroatoms. The smallest absolute Gasteiger partial charge is 2.00 e. The van der Waals surface area contributed by atoms with E-state index in [1.165, 1.54) is 0 Å². The number of phosphoric acid groups is 1. The van der Waals surface area contributed by atoms with Crippen molar-refractivity contribution < 1.29 is 62.2 Å². The molecule has 0 rings (SSSR count). The Morgan fingerprint density at radius 2 is 0.833 bits per heavy atom. The predicted octanol–water partition coefficient (Wildman–Crippen LogP) is -2.87. The molecule has 12 heavy (non-hydrogen) atoms. The maximum Gasteiger partial charge on any atom is 3.00 e. The third-order valence-corrected chi connectivity index (χ3v) is 0. The first-order valence-corrected chi connectivity index (χ1v) is 2.35. The average molecular weight is 314 g/mol. The van der Waals surface area contributed by atoms with E-state index in [1.807, 2.05) is 0 Å². The van der Waals surface area contributed by atoms with E-state index in [-0.39, 0.29) is 77.7 Å². The summed E-state index contributed by atoms with van der Waals surface area (Å²) >= 11 is 0. The maximum absolute atomic E-state index is 8.88. The van der Waals surface area contributed by atoms with Crippen LogP contribution in [0.2, 0.25) is 0 Å². The molecule has 0 fully saturated rings. The Labute approximate surface area is 104 Å². The van der Waals surface area contributed by atoms with Gasteiger partial charge in [0.2, 0.25) is 0 Å². The first-order valence-electron chi connectivity index (χ1n) is 0.783. The minimum Gasteiger partial charge on any atom is -2.00 e. The van der Waals surface area contributed by atoms with Gasteiger partial charge in [-0.15, -0.1) is 0 Å². The van der Waals surface area contributed by atoms with Gasteiger partial charge in [0.05, 0.1) is 0 Å². The minimum atomic E-state index is -4.64. The molecule has 0 spiro atoms. The van der Waals surface area contributed by atoms with Crippen molar-refractivity contribution in [3.05, 3.63) is 0 Å². The molecule has 5 N–H and O–H groups in total. The maximum atomic E-state index is 8.88. The van der Waals surface area contributed by atoms with Crippen LogP contribution in [0.1, 0.15) is 0 Å². The van der Waals surface area contributed by atoms with Crippen LogP contribution in [0.5, 0.6) is 0 Å². The van der Waals surface area contributed by atoms with Crippen LogP contribution >= 0.6 is 7.82 Å². The summed E-state index contributed by atoms with van der Waals surface area (Å²) in [6, 6.07) is 0. The van der Waals surface area contributed by atoms with Crippen molar-refractivity contribution in [3.8, 4) is 0 Å². The van der Waals surface area contributed by atoms with Crippen molar-refractivity contribution in [2.75, 3.05) is 0 Å². The molecule has 0 bridgehead atoms. The van der Waals surface area contributed by atoms with E-state index in [0.717, 1.165) is 0 Å². The summed E-state index contributed by atoms with van der Waals surface area (Å²) in [6.07, 6.45) is 0. The average Bonchev–Trinajstić information content (AvgIpc) is 0.722. The van der Waals surface area contributed by atoms with Gasteiger partial charge in [-0.2, -0.15) is 0 Å². The monoisotopic (exact) mass is 316 g/mol. The summed E-state index contributed by atoms with van der Waals surface area (Å²) in [5, 5.41) is 0. The molecule has 0 aromatic heterocycles. The molecule has 0 saturated carbocycles. The van der Waals surface area contributed by atoms with E-state index >= 15 is 0 Å². The van der Waals surface area contributed by atoms with Gasteiger partial charge in [-0.1, -0.05) is 0 Å². The number of hydrogen-bond acceptors (Lipinski definition) is 1. The van der Waals surface area contributed by atoms with Crippen LogP contribution in [0.3, 0.4) is 0 Å². The van der Waals surface area contributed by atoms with Gasteiger partial charge in [-0.05, 0) is 0 Å². The van der Waals surface area contributed by atoms with Gasteiger partial charge in [0.15, 0.2) is 0 Å². The van der Waals surface area contributed by atoms with Gasteiger partial charge in [-0.3, -0.25) is 0 Å². The predicted molar refractivity (Wildman–Crippen MR) is 31.4 cm³/mol. The molecular weight excluding hydrogens is 309 g/mol. The van der Waals surface area contributed by atoms with Crippen molar-refractivity contribution in [2.45, 2.75) is 0 Å². The summed E-state index contributed by atoms with van der Waals surface area (Å²) in [5.74, 6) is 0. The molecule has 0 amide bonds. The summed E-state index contributed by atoms with van der Waals surface area (Å²) in [5.41, 5.74) is 0. The fourth-order valence-corrected chi connectivity index (χ4v) is 0. The van der Waals surface area contributed by atoms with Crippen LogP contribution in [-0.4, -0.2) is 54.9 Å². The summed E-state index contributed by atoms with van der Waals surface area (Å²) in [6.45, 7) is 0. The number of rotatable bonds is 0. The molecule has 0 unspecified atom stereocenters. The van der Waals surface area contributed by atoms with Crippen molar-refractivity contribution in [3.63, 3.8) is 0 Å². The van der Waals surface area contributed by atoms with Crippen molar-refractivity contribution >= 4 is 42.5 Å². The van der Waals surface area contributed by atoms with Gasteiger partial charge in [0.1, 0.15) is 0 Å². The summed E-state index contributed by atoms with van der Waals surface area (Å²) < 4.78 is 8.88. The van der Waals surface area contributed by atoms with Crippen LogP contribution in [0.15, 0.2) is 0 Å². The first-order chi connectivity index (χ1) is 2.00. The van der Waals surface area contributed by atoms with Crippen LogP contribution in [0, 0.1) is 0 Å². The molecule has 0 aliphatic carbocycles. The zero-order valence-corrected chi connectivity index (χ0v) is 10.7. The molecule has 70 valence electrons. The van der Waals surface area contributed by atoms with E-state index in [0.29, 0.717) is 0 Å². The SMILES string of the molecule is O.O=P(O)(O)O.[Al+3].[Al+3].[Mo].[O-2].[O-2].[O-2]. The van der Waals surface area contributed by atoms with E-state index in [9.17, 15) is 0 Å². The van der Waals surface area contributed by atoms with E-state index in [2.05, 4.69) is 0 Å². The molecule has 0 aromatic rings. The van der Waals surface area contributed by atoms with E-state index < -0.39 is 7.82 Å². The normalized spacial score (nSPS) is 4.92. The van der Waals surface area contributed by atoms with Gasteiger partial charge in [0, 0.05) is 21.1 Å². The quantitative estimate of drug-likeness (QED) is 0.319. The van der Waals surface area contributed by atoms with Gasteiger partial charge in [-0.25, -0.2) is 4.57 Å². The van der Waals surface area contributed by atoms with Gasteiger partial charge >= 0.3 is 42.5 Å². The Balaban J connectivity index is -0.00000000381. The largest absolute Gasteiger partial charge is 3.00 e. The van der Waals surface area contributed by atoms with Crippen molar-refractivity contribution in [2.24, 2.45) is 0 Å². The summed E-state index contributed by atoms with van der Waals surface area (Å²) in [4.78, 5) is 21.6. The molecule has 0 saturated heterocycles. The minimum absolute atomic E-state index is 0. The molecule has 8 nitrogen and oxygen atoms in total. The first kappa shape index (κ1) is 68.0. The second-order valence-electron chi connectivity index (χ2n) is 0.513. The van der Waals surface area contributed by atoms with E-state index in [4.69, 9.17) is 19.2 Å². The molecular formula is H5Al2MoO8P. The third-order valence-electron chi connectivity index (χ3n) is 0. The molecule has 0 aromatic carbocycles. The Kier molecular flexibility index (Phi) is 166. The van der Waals surface area contributed by atoms with Crippen molar-refractivity contribution in [1.82, 2.24) is 0 Å². The molecule has 0 radical (unpaired) electrons. The fraction of sp³-hybridized carbons (Fsp3) is 0. The second kappa shape index (κ2) is 29.3. The van der Waals surface area contributed by atoms with Gasteiger partial charge < -0.3 is 36.6 Å². The fourth-order valence-electron chi connectivity index (χ4n) is 0. The third kappa shape index (κ3) is 462. The molecule has 0 aliphatic rings. The zero-order chi connectivity index (χ0) is 4.50. The molecule has 0 atom stereocenters. The Bertz CT molecular complexity index is 63.2. The molecule has 0 heterocycles. The molecule has 0 aliphatic heterocycles. The Morgan fingerprint density at radius 1 is 0.833 bits per heavy atom. The zero-order valence-electron chi connectivity index (χ0n) is 5.48. The second-order valence-corrected chi connectivity index (χ2v) is 1.54. The van der Waals surface area contributed by atoms with Crippen LogP contribution in [-0.2, 0) is 42.1 Å². The van der Waals surface area contributed by atoms with Crippen LogP contribution in [0.4, 0.5) is 0 Å². The van der Waals surface area contributed by atoms with E-state index in [1.54, 1.807) is 0 Å². The Hall–Kier alpha value is 1.70. The summed E-state index contributed by atoms with van der Waals surface area (Å²) in [7, 11) is -4.64. The van der Waals surface area contributed by atoms with Crippen LogP contribution < -0.4 is 0 Å².